The van der Waals surface area contributed by atoms with E-state index in [1.165, 1.54) is 45.2 Å². The van der Waals surface area contributed by atoms with Gasteiger partial charge in [-0.15, -0.1) is 0 Å². The Morgan fingerprint density at radius 3 is 2.46 bits per heavy atom. The maximum Gasteiger partial charge on any atom is 0.321 e. The Kier molecular flexibility index (Phi) is 5.96. The van der Waals surface area contributed by atoms with Crippen LogP contribution in [0.2, 0.25) is 0 Å². The number of rotatable bonds is 5. The van der Waals surface area contributed by atoms with Gasteiger partial charge in [-0.2, -0.15) is 0 Å². The lowest BCUT2D eigenvalue weighted by Crippen LogP contribution is -2.38. The highest BCUT2D eigenvalue weighted by molar-refractivity contribution is 5.93. The van der Waals surface area contributed by atoms with Gasteiger partial charge in [0, 0.05) is 33.2 Å². The van der Waals surface area contributed by atoms with Crippen LogP contribution in [0.25, 0.3) is 0 Å². The molecule has 2 aliphatic rings. The van der Waals surface area contributed by atoms with Crippen molar-refractivity contribution in [1.29, 1.82) is 0 Å². The van der Waals surface area contributed by atoms with Crippen molar-refractivity contribution in [3.8, 4) is 0 Å². The maximum absolute atomic E-state index is 12.5. The summed E-state index contributed by atoms with van der Waals surface area (Å²) in [5, 5.41) is 3.11. The number of hydrogen-bond acceptors (Lipinski definition) is 3. The lowest BCUT2D eigenvalue weighted by atomic mass is 10.1. The number of benzene rings is 1. The molecule has 0 aliphatic carbocycles. The summed E-state index contributed by atoms with van der Waals surface area (Å²) in [5.41, 5.74) is 2.08. The number of piperidine rings is 1. The zero-order valence-corrected chi connectivity index (χ0v) is 14.8. The SMILES string of the molecule is CN(CCN1CCCC1)C(=O)Nc1ccccc1N1CCCCC1. The fourth-order valence-electron chi connectivity index (χ4n) is 3.60. The van der Waals surface area contributed by atoms with Crippen LogP contribution in [0.4, 0.5) is 16.2 Å². The Labute approximate surface area is 145 Å². The van der Waals surface area contributed by atoms with Gasteiger partial charge >= 0.3 is 6.03 Å². The predicted octanol–water partition coefficient (Wildman–Crippen LogP) is 3.24. The summed E-state index contributed by atoms with van der Waals surface area (Å²) < 4.78 is 0. The molecule has 2 amide bonds. The van der Waals surface area contributed by atoms with E-state index >= 15 is 0 Å². The third-order valence-corrected chi connectivity index (χ3v) is 5.14. The number of para-hydroxylation sites is 2. The van der Waals surface area contributed by atoms with E-state index in [-0.39, 0.29) is 6.03 Å². The molecule has 5 heteroatoms. The number of amides is 2. The van der Waals surface area contributed by atoms with E-state index in [9.17, 15) is 4.79 Å². The van der Waals surface area contributed by atoms with Crippen LogP contribution in [0.15, 0.2) is 24.3 Å². The first kappa shape index (κ1) is 17.1. The van der Waals surface area contributed by atoms with Gasteiger partial charge in [0.2, 0.25) is 0 Å². The third-order valence-electron chi connectivity index (χ3n) is 5.14. The number of hydrogen-bond donors (Lipinski definition) is 1. The average Bonchev–Trinajstić information content (AvgIpc) is 3.14. The third kappa shape index (κ3) is 4.41. The first-order chi connectivity index (χ1) is 11.7. The molecule has 1 N–H and O–H groups in total. The summed E-state index contributed by atoms with van der Waals surface area (Å²) in [7, 11) is 1.88. The van der Waals surface area contributed by atoms with Crippen molar-refractivity contribution in [2.75, 3.05) is 56.5 Å². The highest BCUT2D eigenvalue weighted by Gasteiger charge is 2.18. The van der Waals surface area contributed by atoms with E-state index in [1.807, 2.05) is 19.2 Å². The van der Waals surface area contributed by atoms with Gasteiger partial charge < -0.3 is 20.0 Å². The fraction of sp³-hybridized carbons (Fsp3) is 0.632. The van der Waals surface area contributed by atoms with E-state index in [4.69, 9.17) is 0 Å². The van der Waals surface area contributed by atoms with Crippen LogP contribution < -0.4 is 10.2 Å². The van der Waals surface area contributed by atoms with Crippen molar-refractivity contribution in [2.45, 2.75) is 32.1 Å². The molecule has 0 atom stereocenters. The van der Waals surface area contributed by atoms with Gasteiger partial charge in [0.1, 0.15) is 0 Å². The van der Waals surface area contributed by atoms with Gasteiger partial charge in [0.25, 0.3) is 0 Å². The maximum atomic E-state index is 12.5. The predicted molar refractivity (Wildman–Crippen MR) is 99.8 cm³/mol. The largest absolute Gasteiger partial charge is 0.370 e. The summed E-state index contributed by atoms with van der Waals surface area (Å²) >= 11 is 0. The second kappa shape index (κ2) is 8.38. The summed E-state index contributed by atoms with van der Waals surface area (Å²) in [6.45, 7) is 6.26. The van der Waals surface area contributed by atoms with Crippen molar-refractivity contribution in [2.24, 2.45) is 0 Å². The minimum Gasteiger partial charge on any atom is -0.370 e. The van der Waals surface area contributed by atoms with Crippen LogP contribution in [-0.2, 0) is 0 Å². The molecule has 0 radical (unpaired) electrons. The Morgan fingerprint density at radius 1 is 1.04 bits per heavy atom. The molecule has 0 unspecified atom stereocenters. The van der Waals surface area contributed by atoms with Gasteiger partial charge in [-0.1, -0.05) is 12.1 Å². The average molecular weight is 330 g/mol. The van der Waals surface area contributed by atoms with Gasteiger partial charge in [0.15, 0.2) is 0 Å². The number of likely N-dealkylation sites (N-methyl/N-ethyl adjacent to an activating group) is 1. The van der Waals surface area contributed by atoms with Crippen LogP contribution in [0, 0.1) is 0 Å². The second-order valence-corrected chi connectivity index (χ2v) is 6.97. The number of carbonyl (C=O) groups excluding carboxylic acids is 1. The van der Waals surface area contributed by atoms with Gasteiger partial charge in [-0.3, -0.25) is 0 Å². The number of urea groups is 1. The van der Waals surface area contributed by atoms with Gasteiger partial charge in [-0.25, -0.2) is 4.79 Å². The highest BCUT2D eigenvalue weighted by Crippen LogP contribution is 2.28. The Bertz CT molecular complexity index is 536. The number of anilines is 2. The summed E-state index contributed by atoms with van der Waals surface area (Å²) in [6.07, 6.45) is 6.36. The normalized spacial score (nSPS) is 18.6. The number of likely N-dealkylation sites (tertiary alicyclic amines) is 1. The monoisotopic (exact) mass is 330 g/mol. The molecule has 0 spiro atoms. The van der Waals surface area contributed by atoms with Crippen molar-refractivity contribution in [3.05, 3.63) is 24.3 Å². The Morgan fingerprint density at radius 2 is 1.71 bits per heavy atom. The van der Waals surface area contributed by atoms with Crippen molar-refractivity contribution >= 4 is 17.4 Å². The molecule has 1 aromatic carbocycles. The first-order valence-corrected chi connectivity index (χ1v) is 9.32. The highest BCUT2D eigenvalue weighted by atomic mass is 16.2. The summed E-state index contributed by atoms with van der Waals surface area (Å²) in [4.78, 5) is 19.2. The first-order valence-electron chi connectivity index (χ1n) is 9.32. The van der Waals surface area contributed by atoms with Crippen LogP contribution in [0.3, 0.4) is 0 Å². The topological polar surface area (TPSA) is 38.8 Å². The van der Waals surface area contributed by atoms with Crippen molar-refractivity contribution < 1.29 is 4.79 Å². The standard InChI is InChI=1S/C19H30N4O/c1-21(15-16-22-11-7-8-12-22)19(24)20-17-9-3-4-10-18(17)23-13-5-2-6-14-23/h3-4,9-10H,2,5-8,11-16H2,1H3,(H,20,24). The van der Waals surface area contributed by atoms with Crippen LogP contribution >= 0.6 is 0 Å². The lowest BCUT2D eigenvalue weighted by Gasteiger charge is -2.31. The molecule has 0 bridgehead atoms. The molecule has 2 aliphatic heterocycles. The summed E-state index contributed by atoms with van der Waals surface area (Å²) in [6, 6.07) is 8.16. The zero-order valence-electron chi connectivity index (χ0n) is 14.8. The number of carbonyl (C=O) groups is 1. The molecule has 0 aromatic heterocycles. The van der Waals surface area contributed by atoms with E-state index in [1.54, 1.807) is 4.90 Å². The van der Waals surface area contributed by atoms with Gasteiger partial charge in [-0.05, 0) is 57.3 Å². The van der Waals surface area contributed by atoms with E-state index in [0.717, 1.165) is 37.6 Å². The van der Waals surface area contributed by atoms with Crippen molar-refractivity contribution in [1.82, 2.24) is 9.80 Å². The second-order valence-electron chi connectivity index (χ2n) is 6.97. The van der Waals surface area contributed by atoms with Crippen molar-refractivity contribution in [3.63, 3.8) is 0 Å². The van der Waals surface area contributed by atoms with Gasteiger partial charge in [0.05, 0.1) is 11.4 Å². The zero-order chi connectivity index (χ0) is 16.8. The molecule has 24 heavy (non-hydrogen) atoms. The number of nitrogens with zero attached hydrogens (tertiary/aromatic N) is 3. The molecule has 1 aromatic rings. The van der Waals surface area contributed by atoms with E-state index < -0.39 is 0 Å². The van der Waals surface area contributed by atoms with E-state index in [0.29, 0.717) is 0 Å². The smallest absolute Gasteiger partial charge is 0.321 e. The minimum atomic E-state index is -0.0151. The minimum absolute atomic E-state index is 0.0151. The van der Waals surface area contributed by atoms with Crippen LogP contribution in [-0.4, -0.2) is 62.1 Å². The number of nitrogens with one attached hydrogen (secondary N) is 1. The molecule has 132 valence electrons. The molecule has 3 rings (SSSR count). The molecule has 2 fully saturated rings. The van der Waals surface area contributed by atoms with Crippen LogP contribution in [0.1, 0.15) is 32.1 Å². The van der Waals surface area contributed by atoms with E-state index in [2.05, 4.69) is 27.2 Å². The molecular weight excluding hydrogens is 300 g/mol. The molecule has 5 nitrogen and oxygen atoms in total. The molecule has 0 saturated carbocycles. The Hall–Kier alpha value is -1.75. The quantitative estimate of drug-likeness (QED) is 0.901. The van der Waals surface area contributed by atoms with Crippen LogP contribution in [0.5, 0.6) is 0 Å². The molecule has 2 saturated heterocycles. The molecule has 2 heterocycles. The lowest BCUT2D eigenvalue weighted by molar-refractivity contribution is 0.213. The summed E-state index contributed by atoms with van der Waals surface area (Å²) in [5.74, 6) is 0. The fourth-order valence-corrected chi connectivity index (χ4v) is 3.60. The molecular formula is C19H30N4O. The Balaban J connectivity index is 1.57.